The zero-order valence-corrected chi connectivity index (χ0v) is 23.7. The van der Waals surface area contributed by atoms with E-state index in [0.717, 1.165) is 48.8 Å². The van der Waals surface area contributed by atoms with Crippen LogP contribution in [0.4, 0.5) is 4.79 Å². The molecule has 0 aliphatic heterocycles. The monoisotopic (exact) mass is 503 g/mol. The number of nitrogens with zero attached hydrogens (tertiary/aromatic N) is 1. The summed E-state index contributed by atoms with van der Waals surface area (Å²) in [5.41, 5.74) is 2.20. The van der Waals surface area contributed by atoms with Gasteiger partial charge in [0.1, 0.15) is 18.2 Å². The lowest BCUT2D eigenvalue weighted by atomic mass is 9.98. The van der Waals surface area contributed by atoms with Crippen LogP contribution >= 0.6 is 0 Å². The number of hydrogen-bond acceptors (Lipinski definition) is 4. The van der Waals surface area contributed by atoms with Gasteiger partial charge in [-0.3, -0.25) is 9.59 Å². The lowest BCUT2D eigenvalue weighted by Crippen LogP contribution is -2.48. The zero-order chi connectivity index (χ0) is 27.1. The van der Waals surface area contributed by atoms with E-state index in [-0.39, 0.29) is 18.4 Å². The summed E-state index contributed by atoms with van der Waals surface area (Å²) in [5, 5.41) is 5.60. The van der Waals surface area contributed by atoms with Crippen molar-refractivity contribution in [2.45, 2.75) is 111 Å². The Hall–Kier alpha value is -2.57. The largest absolute Gasteiger partial charge is 0.444 e. The van der Waals surface area contributed by atoms with Crippen LogP contribution in [0.2, 0.25) is 0 Å². The van der Waals surface area contributed by atoms with Crippen molar-refractivity contribution in [3.63, 3.8) is 0 Å². The molecule has 0 bridgehead atoms. The number of ether oxygens (including phenoxy) is 1. The normalized spacial score (nSPS) is 12.1. The fourth-order valence-electron chi connectivity index (χ4n) is 4.15. The Balaban J connectivity index is 3.18. The highest BCUT2D eigenvalue weighted by atomic mass is 16.6. The van der Waals surface area contributed by atoms with Crippen LogP contribution in [0.3, 0.4) is 0 Å². The van der Waals surface area contributed by atoms with Crippen LogP contribution in [0.15, 0.2) is 18.2 Å². The van der Waals surface area contributed by atoms with E-state index < -0.39 is 17.7 Å². The van der Waals surface area contributed by atoms with E-state index in [0.29, 0.717) is 13.1 Å². The Bertz CT molecular complexity index is 812. The molecule has 0 aliphatic carbocycles. The molecule has 36 heavy (non-hydrogen) atoms. The van der Waals surface area contributed by atoms with Gasteiger partial charge >= 0.3 is 6.09 Å². The predicted molar refractivity (Wildman–Crippen MR) is 146 cm³/mol. The first-order valence-corrected chi connectivity index (χ1v) is 13.6. The molecule has 0 fully saturated rings. The maximum absolute atomic E-state index is 13.5. The molecule has 0 heterocycles. The average molecular weight is 504 g/mol. The third-order valence-electron chi connectivity index (χ3n) is 5.81. The van der Waals surface area contributed by atoms with Gasteiger partial charge in [-0.05, 0) is 53.0 Å². The summed E-state index contributed by atoms with van der Waals surface area (Å²) in [6.07, 6.45) is 7.62. The molecule has 7 heteroatoms. The van der Waals surface area contributed by atoms with Crippen molar-refractivity contribution in [2.24, 2.45) is 0 Å². The standard InChI is InChI=1S/C29H49N3O4/c1-8-10-12-13-14-15-17-32(25(33)21-31-28(35)36-29(5,6)7)26(27(34)30-16-11-9-2)24-19-22(3)18-23(4)20-24/h18-20,26H,8-17,21H2,1-7H3,(H,30,34)(H,31,35). The molecule has 1 aromatic rings. The maximum Gasteiger partial charge on any atom is 0.408 e. The van der Waals surface area contributed by atoms with Crippen LogP contribution in [-0.4, -0.2) is 48.0 Å². The van der Waals surface area contributed by atoms with Crippen LogP contribution in [-0.2, 0) is 14.3 Å². The highest BCUT2D eigenvalue weighted by Crippen LogP contribution is 2.25. The summed E-state index contributed by atoms with van der Waals surface area (Å²) in [6, 6.07) is 5.24. The van der Waals surface area contributed by atoms with Crippen LogP contribution in [0.1, 0.15) is 109 Å². The number of alkyl carbamates (subject to hydrolysis) is 1. The molecule has 0 saturated carbocycles. The molecule has 1 rings (SSSR count). The molecule has 1 unspecified atom stereocenters. The van der Waals surface area contributed by atoms with Gasteiger partial charge in [0.2, 0.25) is 11.8 Å². The van der Waals surface area contributed by atoms with Gasteiger partial charge in [0.25, 0.3) is 0 Å². The average Bonchev–Trinajstić information content (AvgIpc) is 2.77. The summed E-state index contributed by atoms with van der Waals surface area (Å²) in [7, 11) is 0. The summed E-state index contributed by atoms with van der Waals surface area (Å²) >= 11 is 0. The fraction of sp³-hybridized carbons (Fsp3) is 0.690. The molecule has 3 amide bonds. The molecular weight excluding hydrogens is 454 g/mol. The van der Waals surface area contributed by atoms with Gasteiger partial charge < -0.3 is 20.3 Å². The molecule has 1 atom stereocenters. The minimum absolute atomic E-state index is 0.190. The molecule has 0 saturated heterocycles. The molecule has 0 aromatic heterocycles. The summed E-state index contributed by atoms with van der Waals surface area (Å²) in [4.78, 5) is 40.8. The summed E-state index contributed by atoms with van der Waals surface area (Å²) < 4.78 is 5.29. The highest BCUT2D eigenvalue weighted by Gasteiger charge is 2.31. The van der Waals surface area contributed by atoms with Crippen molar-refractivity contribution in [2.75, 3.05) is 19.6 Å². The van der Waals surface area contributed by atoms with Gasteiger partial charge in [-0.1, -0.05) is 81.7 Å². The van der Waals surface area contributed by atoms with Gasteiger partial charge in [-0.25, -0.2) is 4.79 Å². The Morgan fingerprint density at radius 3 is 2.03 bits per heavy atom. The Morgan fingerprint density at radius 2 is 1.44 bits per heavy atom. The Labute approximate surface area is 218 Å². The third kappa shape index (κ3) is 12.4. The first-order valence-electron chi connectivity index (χ1n) is 13.6. The number of carbonyl (C=O) groups is 3. The molecule has 0 aliphatic rings. The molecule has 7 nitrogen and oxygen atoms in total. The number of aryl methyl sites for hydroxylation is 2. The van der Waals surface area contributed by atoms with Gasteiger partial charge in [0.05, 0.1) is 0 Å². The van der Waals surface area contributed by atoms with E-state index in [4.69, 9.17) is 4.74 Å². The van der Waals surface area contributed by atoms with E-state index >= 15 is 0 Å². The van der Waals surface area contributed by atoms with Crippen LogP contribution in [0.5, 0.6) is 0 Å². The number of hydrogen-bond donors (Lipinski definition) is 2. The second-order valence-corrected chi connectivity index (χ2v) is 10.7. The van der Waals surface area contributed by atoms with Crippen molar-refractivity contribution >= 4 is 17.9 Å². The topological polar surface area (TPSA) is 87.7 Å². The first-order chi connectivity index (χ1) is 17.0. The number of unbranched alkanes of at least 4 members (excludes halogenated alkanes) is 6. The number of carbonyl (C=O) groups excluding carboxylic acids is 3. The lowest BCUT2D eigenvalue weighted by molar-refractivity contribution is -0.140. The van der Waals surface area contributed by atoms with Crippen molar-refractivity contribution in [1.82, 2.24) is 15.5 Å². The third-order valence-corrected chi connectivity index (χ3v) is 5.81. The highest BCUT2D eigenvalue weighted by molar-refractivity contribution is 5.90. The zero-order valence-electron chi connectivity index (χ0n) is 23.7. The second kappa shape index (κ2) is 16.2. The van der Waals surface area contributed by atoms with Gasteiger partial charge in [0.15, 0.2) is 0 Å². The van der Waals surface area contributed by atoms with E-state index in [1.54, 1.807) is 25.7 Å². The molecule has 2 N–H and O–H groups in total. The first kappa shape index (κ1) is 31.5. The summed E-state index contributed by atoms with van der Waals surface area (Å²) in [5.74, 6) is -0.491. The molecule has 0 spiro atoms. The van der Waals surface area contributed by atoms with Crippen LogP contribution < -0.4 is 10.6 Å². The lowest BCUT2D eigenvalue weighted by Gasteiger charge is -2.32. The molecule has 1 aromatic carbocycles. The molecule has 0 radical (unpaired) electrons. The smallest absolute Gasteiger partial charge is 0.408 e. The molecular formula is C29H49N3O4. The van der Waals surface area contributed by atoms with Gasteiger partial charge in [-0.15, -0.1) is 0 Å². The molecule has 204 valence electrons. The Kier molecular flexibility index (Phi) is 14.2. The minimum Gasteiger partial charge on any atom is -0.444 e. The quantitative estimate of drug-likeness (QED) is 0.288. The second-order valence-electron chi connectivity index (χ2n) is 10.7. The van der Waals surface area contributed by atoms with Crippen molar-refractivity contribution in [3.05, 3.63) is 34.9 Å². The fourth-order valence-corrected chi connectivity index (χ4v) is 4.15. The van der Waals surface area contributed by atoms with Crippen molar-refractivity contribution in [3.8, 4) is 0 Å². The number of amides is 3. The Morgan fingerprint density at radius 1 is 0.861 bits per heavy atom. The van der Waals surface area contributed by atoms with Gasteiger partial charge in [-0.2, -0.15) is 0 Å². The van der Waals surface area contributed by atoms with E-state index in [2.05, 4.69) is 30.5 Å². The van der Waals surface area contributed by atoms with Crippen molar-refractivity contribution in [1.29, 1.82) is 0 Å². The van der Waals surface area contributed by atoms with Crippen molar-refractivity contribution < 1.29 is 19.1 Å². The maximum atomic E-state index is 13.5. The van der Waals surface area contributed by atoms with E-state index in [1.807, 2.05) is 26.0 Å². The van der Waals surface area contributed by atoms with E-state index in [1.165, 1.54) is 19.3 Å². The van der Waals surface area contributed by atoms with Crippen LogP contribution in [0, 0.1) is 13.8 Å². The van der Waals surface area contributed by atoms with E-state index in [9.17, 15) is 14.4 Å². The number of benzene rings is 1. The number of rotatable bonds is 15. The number of nitrogens with one attached hydrogen (secondary N) is 2. The SMILES string of the molecule is CCCCCCCCN(C(=O)CNC(=O)OC(C)(C)C)C(C(=O)NCCCC)c1cc(C)cc(C)c1. The van der Waals surface area contributed by atoms with Crippen LogP contribution in [0.25, 0.3) is 0 Å². The minimum atomic E-state index is -0.760. The van der Waals surface area contributed by atoms with Gasteiger partial charge in [0, 0.05) is 13.1 Å². The summed E-state index contributed by atoms with van der Waals surface area (Å²) in [6.45, 7) is 14.3. The predicted octanol–water partition coefficient (Wildman–Crippen LogP) is 5.97.